The summed E-state index contributed by atoms with van der Waals surface area (Å²) in [7, 11) is 1.65. The first kappa shape index (κ1) is 16.9. The molecule has 2 rings (SSSR count). The minimum Gasteiger partial charge on any atom is -0.505 e. The van der Waals surface area contributed by atoms with E-state index in [9.17, 15) is 0 Å². The van der Waals surface area contributed by atoms with E-state index in [-0.39, 0.29) is 0 Å². The maximum atomic E-state index is 6.07. The van der Waals surface area contributed by atoms with Gasteiger partial charge in [-0.1, -0.05) is 42.5 Å². The van der Waals surface area contributed by atoms with E-state index in [2.05, 4.69) is 37.3 Å². The molecule has 0 bridgehead atoms. The Morgan fingerprint density at radius 3 is 2.87 bits per heavy atom. The second-order valence-electron chi connectivity index (χ2n) is 5.35. The van der Waals surface area contributed by atoms with Crippen molar-refractivity contribution in [3.8, 4) is 5.75 Å². The second kappa shape index (κ2) is 8.84. The second-order valence-corrected chi connectivity index (χ2v) is 5.35. The van der Waals surface area contributed by atoms with Crippen molar-refractivity contribution in [1.82, 2.24) is 0 Å². The fraction of sp³-hybridized carbons (Fsp3) is 0.238. The van der Waals surface area contributed by atoms with E-state index in [0.717, 1.165) is 24.4 Å². The third-order valence-corrected chi connectivity index (χ3v) is 3.64. The average molecular weight is 308 g/mol. The Morgan fingerprint density at radius 2 is 2.09 bits per heavy atom. The van der Waals surface area contributed by atoms with Crippen LogP contribution in [0, 0.1) is 0 Å². The highest BCUT2D eigenvalue weighted by Gasteiger charge is 2.18. The average Bonchev–Trinajstić information content (AvgIpc) is 2.57. The lowest BCUT2D eigenvalue weighted by atomic mass is 9.94. The van der Waals surface area contributed by atoms with E-state index in [1.165, 1.54) is 16.7 Å². The van der Waals surface area contributed by atoms with Gasteiger partial charge in [0.15, 0.2) is 0 Å². The topological polar surface area (TPSA) is 18.5 Å². The zero-order chi connectivity index (χ0) is 16.5. The van der Waals surface area contributed by atoms with Crippen LogP contribution in [0.25, 0.3) is 0 Å². The molecule has 0 N–H and O–H groups in total. The maximum Gasteiger partial charge on any atom is 0.130 e. The highest BCUT2D eigenvalue weighted by Crippen LogP contribution is 2.33. The zero-order valence-electron chi connectivity index (χ0n) is 14.1. The number of rotatable bonds is 6. The zero-order valence-corrected chi connectivity index (χ0v) is 14.1. The van der Waals surface area contributed by atoms with E-state index < -0.39 is 0 Å². The monoisotopic (exact) mass is 308 g/mol. The maximum absolute atomic E-state index is 6.07. The van der Waals surface area contributed by atoms with Gasteiger partial charge in [0.25, 0.3) is 0 Å². The van der Waals surface area contributed by atoms with Gasteiger partial charge < -0.3 is 9.47 Å². The summed E-state index contributed by atoms with van der Waals surface area (Å²) < 4.78 is 10.9. The quantitative estimate of drug-likeness (QED) is 0.510. The Labute approximate surface area is 139 Å². The molecular formula is C21H24O2. The van der Waals surface area contributed by atoms with Crippen LogP contribution in [0.1, 0.15) is 25.8 Å². The Bertz CT molecular complexity index is 673. The Balaban J connectivity index is 2.18. The highest BCUT2D eigenvalue weighted by molar-refractivity contribution is 5.50. The summed E-state index contributed by atoms with van der Waals surface area (Å²) in [6.45, 7) is 4.14. The van der Waals surface area contributed by atoms with E-state index in [0.29, 0.717) is 0 Å². The molecule has 0 saturated carbocycles. The van der Waals surface area contributed by atoms with Gasteiger partial charge in [-0.05, 0) is 49.6 Å². The lowest BCUT2D eigenvalue weighted by Crippen LogP contribution is -2.10. The predicted molar refractivity (Wildman–Crippen MR) is 96.3 cm³/mol. The van der Waals surface area contributed by atoms with Crippen molar-refractivity contribution in [3.63, 3.8) is 0 Å². The summed E-state index contributed by atoms with van der Waals surface area (Å²) in [5, 5.41) is 0. The third-order valence-electron chi connectivity index (χ3n) is 3.64. The van der Waals surface area contributed by atoms with E-state index >= 15 is 0 Å². The summed E-state index contributed by atoms with van der Waals surface area (Å²) in [4.78, 5) is 0. The predicted octanol–water partition coefficient (Wildman–Crippen LogP) is 5.50. The van der Waals surface area contributed by atoms with Crippen molar-refractivity contribution < 1.29 is 9.47 Å². The molecule has 0 fully saturated rings. The molecule has 0 atom stereocenters. The summed E-state index contributed by atoms with van der Waals surface area (Å²) >= 11 is 0. The smallest absolute Gasteiger partial charge is 0.130 e. The van der Waals surface area contributed by atoms with Crippen molar-refractivity contribution in [3.05, 3.63) is 89.5 Å². The summed E-state index contributed by atoms with van der Waals surface area (Å²) in [6, 6.07) is 8.22. The van der Waals surface area contributed by atoms with Crippen LogP contribution in [-0.2, 0) is 11.2 Å². The first-order valence-corrected chi connectivity index (χ1v) is 7.89. The van der Waals surface area contributed by atoms with Gasteiger partial charge in [-0.2, -0.15) is 0 Å². The van der Waals surface area contributed by atoms with E-state index in [1.54, 1.807) is 13.4 Å². The minimum absolute atomic E-state index is 0.859. The van der Waals surface area contributed by atoms with Crippen LogP contribution in [0.4, 0.5) is 0 Å². The molecule has 1 aliphatic heterocycles. The summed E-state index contributed by atoms with van der Waals surface area (Å²) in [6.07, 6.45) is 15.8. The first-order valence-electron chi connectivity index (χ1n) is 7.89. The molecule has 1 aromatic carbocycles. The summed E-state index contributed by atoms with van der Waals surface area (Å²) in [5.41, 5.74) is 3.69. The largest absolute Gasteiger partial charge is 0.505 e. The lowest BCUT2D eigenvalue weighted by Gasteiger charge is -2.22. The Morgan fingerprint density at radius 1 is 1.26 bits per heavy atom. The molecule has 0 amide bonds. The van der Waals surface area contributed by atoms with Gasteiger partial charge in [0, 0.05) is 12.0 Å². The molecule has 1 heterocycles. The van der Waals surface area contributed by atoms with Crippen LogP contribution in [0.5, 0.6) is 5.75 Å². The van der Waals surface area contributed by atoms with Crippen molar-refractivity contribution >= 4 is 0 Å². The van der Waals surface area contributed by atoms with Gasteiger partial charge in [0.05, 0.1) is 13.4 Å². The van der Waals surface area contributed by atoms with Gasteiger partial charge in [-0.15, -0.1) is 0 Å². The fourth-order valence-corrected chi connectivity index (χ4v) is 2.45. The van der Waals surface area contributed by atoms with Crippen LogP contribution < -0.4 is 4.74 Å². The van der Waals surface area contributed by atoms with Crippen molar-refractivity contribution in [1.29, 1.82) is 0 Å². The molecule has 0 spiro atoms. The minimum atomic E-state index is 0.859. The van der Waals surface area contributed by atoms with Crippen molar-refractivity contribution in [2.24, 2.45) is 0 Å². The number of ether oxygens (including phenoxy) is 2. The highest BCUT2D eigenvalue weighted by atomic mass is 16.5. The molecule has 1 aromatic rings. The van der Waals surface area contributed by atoms with Crippen LogP contribution >= 0.6 is 0 Å². The number of para-hydroxylation sites is 1. The molecule has 0 aliphatic carbocycles. The molecule has 0 saturated heterocycles. The standard InChI is InChI=1S/C21H24O2/c1-4-11-21-19(16-18-13-8-9-14-20(18)23-21)17(2)12-7-5-6-10-15-22-3/h4-5,7-15H,6,16H2,1-3H3/b7-5?,11-4-,15-10+,17-12+. The molecule has 0 radical (unpaired) electrons. The first-order chi connectivity index (χ1) is 11.3. The molecule has 2 nitrogen and oxygen atoms in total. The van der Waals surface area contributed by atoms with Gasteiger partial charge in [0.1, 0.15) is 11.5 Å². The number of hydrogen-bond acceptors (Lipinski definition) is 2. The van der Waals surface area contributed by atoms with E-state index in [4.69, 9.17) is 9.47 Å². The lowest BCUT2D eigenvalue weighted by molar-refractivity contribution is 0.337. The van der Waals surface area contributed by atoms with Crippen molar-refractivity contribution in [2.75, 3.05) is 7.11 Å². The molecule has 0 aromatic heterocycles. The Kier molecular flexibility index (Phi) is 6.49. The molecular weight excluding hydrogens is 284 g/mol. The summed E-state index contributed by atoms with van der Waals surface area (Å²) in [5.74, 6) is 1.89. The molecule has 23 heavy (non-hydrogen) atoms. The molecule has 2 heteroatoms. The van der Waals surface area contributed by atoms with Gasteiger partial charge >= 0.3 is 0 Å². The third kappa shape index (κ3) is 4.75. The van der Waals surface area contributed by atoms with Crippen LogP contribution in [-0.4, -0.2) is 7.11 Å². The van der Waals surface area contributed by atoms with E-state index in [1.807, 2.05) is 37.3 Å². The molecule has 1 aliphatic rings. The van der Waals surface area contributed by atoms with Gasteiger partial charge in [-0.3, -0.25) is 0 Å². The van der Waals surface area contributed by atoms with Crippen LogP contribution in [0.2, 0.25) is 0 Å². The number of fused-ring (bicyclic) bond motifs is 1. The van der Waals surface area contributed by atoms with Gasteiger partial charge in [-0.25, -0.2) is 0 Å². The molecule has 0 unspecified atom stereocenters. The fourth-order valence-electron chi connectivity index (χ4n) is 2.45. The van der Waals surface area contributed by atoms with Crippen LogP contribution in [0.15, 0.2) is 83.9 Å². The molecule has 120 valence electrons. The number of methoxy groups -OCH3 is 1. The number of allylic oxidation sites excluding steroid dienone is 8. The van der Waals surface area contributed by atoms with Gasteiger partial charge in [0.2, 0.25) is 0 Å². The van der Waals surface area contributed by atoms with Crippen LogP contribution in [0.3, 0.4) is 0 Å². The van der Waals surface area contributed by atoms with Crippen molar-refractivity contribution in [2.45, 2.75) is 26.7 Å². The SMILES string of the molecule is C/C=C\C1=C(C(/C)=C/C=CC/C=C/OC)Cc2ccccc2O1. The number of hydrogen-bond donors (Lipinski definition) is 0. The Hall–Kier alpha value is -2.48. The normalized spacial score (nSPS) is 15.5. The number of benzene rings is 1.